The summed E-state index contributed by atoms with van der Waals surface area (Å²) in [5.74, 6) is -0.669. The smallest absolute Gasteiger partial charge is 0.217 e. The molecule has 13 nitrogen and oxygen atoms in total. The summed E-state index contributed by atoms with van der Waals surface area (Å²) >= 11 is 0. The van der Waals surface area contributed by atoms with Crippen molar-refractivity contribution in [1.29, 1.82) is 0 Å². The molecule has 2 amide bonds. The second-order valence-corrected chi connectivity index (χ2v) is 17.7. The molecule has 6 aromatic rings. The minimum Gasteiger partial charge on any atom is -0.374 e. The van der Waals surface area contributed by atoms with Crippen molar-refractivity contribution < 1.29 is 52.2 Å². The van der Waals surface area contributed by atoms with E-state index >= 15 is 0 Å². The van der Waals surface area contributed by atoms with E-state index in [1.165, 1.54) is 13.8 Å². The summed E-state index contributed by atoms with van der Waals surface area (Å²) in [5.41, 5.74) is 5.61. The van der Waals surface area contributed by atoms with Gasteiger partial charge in [0.2, 0.25) is 11.8 Å². The van der Waals surface area contributed by atoms with Gasteiger partial charge in [-0.3, -0.25) is 9.59 Å². The number of nitrogens with one attached hydrogen (secondary N) is 2. The van der Waals surface area contributed by atoms with Crippen molar-refractivity contribution in [3.8, 4) is 0 Å². The lowest BCUT2D eigenvalue weighted by atomic mass is 9.93. The Morgan fingerprint density at radius 1 is 0.380 bits per heavy atom. The minimum atomic E-state index is -1.21. The number of ether oxygens (including phenoxy) is 9. The van der Waals surface area contributed by atoms with Crippen molar-refractivity contribution in [2.75, 3.05) is 13.2 Å². The van der Waals surface area contributed by atoms with Gasteiger partial charge in [-0.2, -0.15) is 0 Å². The Balaban J connectivity index is 1.18. The van der Waals surface area contributed by atoms with Crippen molar-refractivity contribution in [1.82, 2.24) is 10.6 Å². The van der Waals surface area contributed by atoms with E-state index in [0.717, 1.165) is 33.4 Å². The molecule has 2 saturated heterocycles. The molecule has 0 unspecified atom stereocenters. The minimum absolute atomic E-state index is 0.0284. The van der Waals surface area contributed by atoms with Gasteiger partial charge in [0.1, 0.15) is 48.7 Å². The van der Waals surface area contributed by atoms with E-state index in [9.17, 15) is 9.59 Å². The molecule has 2 N–H and O–H groups in total. The fraction of sp³-hybridized carbons (Fsp3) is 0.345. The first-order valence-electron chi connectivity index (χ1n) is 24.2. The van der Waals surface area contributed by atoms with E-state index in [0.29, 0.717) is 6.61 Å². The number of benzene rings is 6. The molecule has 372 valence electrons. The van der Waals surface area contributed by atoms with Crippen LogP contribution in [0.1, 0.15) is 47.2 Å². The number of amides is 2. The Hall–Kier alpha value is -6.10. The van der Waals surface area contributed by atoms with Crippen molar-refractivity contribution in [3.05, 3.63) is 215 Å². The predicted molar refractivity (Wildman–Crippen MR) is 266 cm³/mol. The normalized spacial score (nSPS) is 24.2. The van der Waals surface area contributed by atoms with Crippen LogP contribution in [0.3, 0.4) is 0 Å². The summed E-state index contributed by atoms with van der Waals surface area (Å²) in [4.78, 5) is 26.7. The zero-order chi connectivity index (χ0) is 49.0. The Morgan fingerprint density at radius 3 is 1.06 bits per heavy atom. The van der Waals surface area contributed by atoms with Gasteiger partial charge >= 0.3 is 0 Å². The van der Waals surface area contributed by atoms with Gasteiger partial charge < -0.3 is 53.3 Å². The number of carbonyl (C=O) groups excluding carboxylic acids is 2. The lowest BCUT2D eigenvalue weighted by Gasteiger charge is -2.50. The molecule has 2 heterocycles. The van der Waals surface area contributed by atoms with Crippen LogP contribution in [-0.4, -0.2) is 86.3 Å². The van der Waals surface area contributed by atoms with Gasteiger partial charge in [0.05, 0.1) is 52.9 Å². The van der Waals surface area contributed by atoms with Crippen molar-refractivity contribution in [3.63, 3.8) is 0 Å². The lowest BCUT2D eigenvalue weighted by molar-refractivity contribution is -0.345. The summed E-state index contributed by atoms with van der Waals surface area (Å²) in [5, 5.41) is 6.24. The molecule has 0 bridgehead atoms. The van der Waals surface area contributed by atoms with E-state index in [1.807, 2.05) is 182 Å². The third-order valence-corrected chi connectivity index (χ3v) is 12.2. The highest BCUT2D eigenvalue weighted by atomic mass is 16.7. The molecule has 8 rings (SSSR count). The summed E-state index contributed by atoms with van der Waals surface area (Å²) in [7, 11) is 0. The molecule has 71 heavy (non-hydrogen) atoms. The van der Waals surface area contributed by atoms with E-state index in [-0.39, 0.29) is 58.1 Å². The molecule has 2 aliphatic heterocycles. The molecule has 0 spiro atoms. The quantitative estimate of drug-likeness (QED) is 0.0606. The van der Waals surface area contributed by atoms with Crippen LogP contribution in [0.25, 0.3) is 0 Å². The van der Waals surface area contributed by atoms with Gasteiger partial charge in [0.15, 0.2) is 12.6 Å². The molecule has 0 radical (unpaired) electrons. The van der Waals surface area contributed by atoms with E-state index in [1.54, 1.807) is 0 Å². The van der Waals surface area contributed by atoms with Crippen LogP contribution in [0.2, 0.25) is 0 Å². The van der Waals surface area contributed by atoms with Crippen LogP contribution in [-0.2, 0) is 91.9 Å². The van der Waals surface area contributed by atoms with Crippen LogP contribution in [0.4, 0.5) is 0 Å². The Morgan fingerprint density at radius 2 is 0.676 bits per heavy atom. The molecule has 6 aromatic carbocycles. The topological polar surface area (TPSA) is 141 Å². The molecule has 2 aliphatic rings. The molecular formula is C58H64N2O11. The summed E-state index contributed by atoms with van der Waals surface area (Å²) in [6, 6.07) is 57.0. The zero-order valence-electron chi connectivity index (χ0n) is 40.2. The number of hydrogen-bond donors (Lipinski definition) is 2. The molecule has 13 heteroatoms. The second kappa shape index (κ2) is 26.9. The maximum atomic E-state index is 13.5. The molecule has 0 saturated carbocycles. The largest absolute Gasteiger partial charge is 0.374 e. The number of hydrogen-bond acceptors (Lipinski definition) is 11. The molecule has 2 fully saturated rings. The van der Waals surface area contributed by atoms with Gasteiger partial charge in [-0.25, -0.2) is 0 Å². The van der Waals surface area contributed by atoms with Crippen molar-refractivity contribution in [2.24, 2.45) is 0 Å². The molecule has 10 atom stereocenters. The average molecular weight is 965 g/mol. The Bertz CT molecular complexity index is 2460. The van der Waals surface area contributed by atoms with Crippen LogP contribution in [0, 0.1) is 0 Å². The summed E-state index contributed by atoms with van der Waals surface area (Å²) < 4.78 is 61.4. The van der Waals surface area contributed by atoms with Gasteiger partial charge in [0, 0.05) is 13.8 Å². The summed E-state index contributed by atoms with van der Waals surface area (Å²) in [6.45, 7) is 4.32. The van der Waals surface area contributed by atoms with E-state index < -0.39 is 61.3 Å². The number of rotatable bonds is 24. The van der Waals surface area contributed by atoms with Gasteiger partial charge in [0.25, 0.3) is 0 Å². The van der Waals surface area contributed by atoms with Crippen LogP contribution < -0.4 is 10.6 Å². The monoisotopic (exact) mass is 964 g/mol. The highest BCUT2D eigenvalue weighted by Gasteiger charge is 2.54. The SMILES string of the molecule is CC(=O)N[C@@H]1[C@H](O[C@H]2[C@H](OCc3ccccc3)[C@H](NC(C)=O)[C@@H](OCc3ccccc3)O[C@@H]2COCc2ccccc2)O[C@H](COCc2ccccc2)[C@@H](OCc2ccccc2)[C@@H]1OCc1ccccc1. The maximum absolute atomic E-state index is 13.5. The van der Waals surface area contributed by atoms with Gasteiger partial charge in [-0.1, -0.05) is 182 Å². The lowest BCUT2D eigenvalue weighted by Crippen LogP contribution is -2.70. The number of carbonyl (C=O) groups is 2. The second-order valence-electron chi connectivity index (χ2n) is 17.7. The first-order chi connectivity index (χ1) is 34.9. The van der Waals surface area contributed by atoms with E-state index in [4.69, 9.17) is 42.6 Å². The van der Waals surface area contributed by atoms with Gasteiger partial charge in [-0.05, 0) is 33.4 Å². The third kappa shape index (κ3) is 15.4. The van der Waals surface area contributed by atoms with E-state index in [2.05, 4.69) is 10.6 Å². The van der Waals surface area contributed by atoms with Gasteiger partial charge in [-0.15, -0.1) is 0 Å². The highest BCUT2D eigenvalue weighted by Crippen LogP contribution is 2.35. The maximum Gasteiger partial charge on any atom is 0.217 e. The Labute approximate surface area is 416 Å². The first-order valence-corrected chi connectivity index (χ1v) is 24.2. The first kappa shape index (κ1) is 51.3. The van der Waals surface area contributed by atoms with Crippen LogP contribution in [0.5, 0.6) is 0 Å². The average Bonchev–Trinajstić information content (AvgIpc) is 3.40. The van der Waals surface area contributed by atoms with Crippen LogP contribution in [0.15, 0.2) is 182 Å². The van der Waals surface area contributed by atoms with Crippen molar-refractivity contribution >= 4 is 11.8 Å². The fourth-order valence-electron chi connectivity index (χ4n) is 8.81. The standard InChI is InChI=1S/C58H64N2O11/c1-41(61)59-51-56(67-37-47-29-17-7-18-30-47)54(50(40-64-34-44-23-11-4-12-24-44)69-57(51)68-38-48-31-19-8-20-32-48)71-58-52(60-42(2)62)55(66-36-46-27-15-6-16-28-46)53(65-35-45-25-13-5-14-26-45)49(70-58)39-63-33-43-21-9-3-10-22-43/h3-32,49-58H,33-40H2,1-2H3,(H,59,61)(H,60,62)/t49-,50-,51+,52+,53-,54-,55-,56-,57+,58+/m1/s1. The summed E-state index contributed by atoms with van der Waals surface area (Å²) in [6.07, 6.45) is -7.43. The third-order valence-electron chi connectivity index (χ3n) is 12.2. The molecule has 0 aliphatic carbocycles. The molecular weight excluding hydrogens is 901 g/mol. The Kier molecular flexibility index (Phi) is 19.4. The zero-order valence-corrected chi connectivity index (χ0v) is 40.2. The van der Waals surface area contributed by atoms with Crippen molar-refractivity contribution in [2.45, 2.75) is 115 Å². The fourth-order valence-corrected chi connectivity index (χ4v) is 8.81. The highest BCUT2D eigenvalue weighted by molar-refractivity contribution is 5.73. The van der Waals surface area contributed by atoms with Crippen LogP contribution >= 0.6 is 0 Å². The molecule has 0 aromatic heterocycles. The predicted octanol–water partition coefficient (Wildman–Crippen LogP) is 8.24.